The van der Waals surface area contributed by atoms with E-state index in [9.17, 15) is 14.4 Å². The molecule has 0 aromatic heterocycles. The highest BCUT2D eigenvalue weighted by molar-refractivity contribution is 5.97. The normalized spacial score (nSPS) is 10.0. The van der Waals surface area contributed by atoms with Gasteiger partial charge >= 0.3 is 5.97 Å². The molecule has 7 nitrogen and oxygen atoms in total. The van der Waals surface area contributed by atoms with Gasteiger partial charge in [-0.05, 0) is 37.1 Å². The third-order valence-corrected chi connectivity index (χ3v) is 3.85. The van der Waals surface area contributed by atoms with Gasteiger partial charge in [-0.15, -0.1) is 0 Å². The molecule has 7 heteroatoms. The van der Waals surface area contributed by atoms with Crippen LogP contribution >= 0.6 is 0 Å². The standard InChI is InChI=1S/C20H22N2O5/c1-13-7-6-8-14(2)19(13)22-17(23)11-21-18(24)12-27-20(25)15-9-4-5-10-16(15)26-3/h4-10H,11-12H2,1-3H3,(H,21,24)(H,22,23). The number of methoxy groups -OCH3 is 1. The molecule has 27 heavy (non-hydrogen) atoms. The summed E-state index contributed by atoms with van der Waals surface area (Å²) in [6.07, 6.45) is 0. The number of anilines is 1. The van der Waals surface area contributed by atoms with Gasteiger partial charge in [0.2, 0.25) is 5.91 Å². The average Bonchev–Trinajstić information content (AvgIpc) is 2.67. The first-order valence-electron chi connectivity index (χ1n) is 8.35. The number of aryl methyl sites for hydroxylation is 2. The second-order valence-electron chi connectivity index (χ2n) is 5.87. The summed E-state index contributed by atoms with van der Waals surface area (Å²) in [5, 5.41) is 5.18. The highest BCUT2D eigenvalue weighted by atomic mass is 16.5. The third-order valence-electron chi connectivity index (χ3n) is 3.85. The Morgan fingerprint density at radius 1 is 0.926 bits per heavy atom. The van der Waals surface area contributed by atoms with Crippen LogP contribution in [0, 0.1) is 13.8 Å². The molecule has 0 unspecified atom stereocenters. The minimum Gasteiger partial charge on any atom is -0.496 e. The van der Waals surface area contributed by atoms with Crippen LogP contribution in [0.5, 0.6) is 5.75 Å². The highest BCUT2D eigenvalue weighted by Gasteiger charge is 2.15. The molecule has 142 valence electrons. The predicted molar refractivity (Wildman–Crippen MR) is 101 cm³/mol. The number of nitrogens with one attached hydrogen (secondary N) is 2. The van der Waals surface area contributed by atoms with Crippen LogP contribution in [0.3, 0.4) is 0 Å². The zero-order valence-electron chi connectivity index (χ0n) is 15.5. The van der Waals surface area contributed by atoms with Crippen LogP contribution < -0.4 is 15.4 Å². The number of amides is 2. The van der Waals surface area contributed by atoms with Crippen molar-refractivity contribution in [3.63, 3.8) is 0 Å². The Morgan fingerprint density at radius 2 is 1.59 bits per heavy atom. The van der Waals surface area contributed by atoms with Crippen LogP contribution in [-0.4, -0.2) is 38.0 Å². The second-order valence-corrected chi connectivity index (χ2v) is 5.87. The van der Waals surface area contributed by atoms with Gasteiger partial charge in [0.25, 0.3) is 5.91 Å². The van der Waals surface area contributed by atoms with Gasteiger partial charge in [-0.2, -0.15) is 0 Å². The summed E-state index contributed by atoms with van der Waals surface area (Å²) in [6.45, 7) is 3.06. The Morgan fingerprint density at radius 3 is 2.26 bits per heavy atom. The first kappa shape index (κ1) is 20.0. The lowest BCUT2D eigenvalue weighted by molar-refractivity contribution is -0.126. The van der Waals surface area contributed by atoms with Crippen molar-refractivity contribution >= 4 is 23.5 Å². The minimum absolute atomic E-state index is 0.223. The van der Waals surface area contributed by atoms with Gasteiger partial charge in [0, 0.05) is 5.69 Å². The number of hydrogen-bond donors (Lipinski definition) is 2. The summed E-state index contributed by atoms with van der Waals surface area (Å²) in [5.41, 5.74) is 2.81. The van der Waals surface area contributed by atoms with Crippen LogP contribution in [0.25, 0.3) is 0 Å². The van der Waals surface area contributed by atoms with E-state index < -0.39 is 18.5 Å². The molecule has 0 saturated carbocycles. The van der Waals surface area contributed by atoms with Gasteiger partial charge in [-0.1, -0.05) is 30.3 Å². The lowest BCUT2D eigenvalue weighted by atomic mass is 10.1. The molecule has 2 rings (SSSR count). The summed E-state index contributed by atoms with van der Waals surface area (Å²) in [6, 6.07) is 12.2. The maximum atomic E-state index is 12.0. The number of rotatable bonds is 7. The number of benzene rings is 2. The Labute approximate surface area is 157 Å². The van der Waals surface area contributed by atoms with Crippen molar-refractivity contribution in [2.45, 2.75) is 13.8 Å². The minimum atomic E-state index is -0.678. The summed E-state index contributed by atoms with van der Waals surface area (Å²) >= 11 is 0. The molecule has 0 radical (unpaired) electrons. The van der Waals surface area contributed by atoms with E-state index in [1.54, 1.807) is 18.2 Å². The maximum absolute atomic E-state index is 12.0. The number of carbonyl (C=O) groups is 3. The van der Waals surface area contributed by atoms with Crippen molar-refractivity contribution in [1.29, 1.82) is 0 Å². The molecule has 0 spiro atoms. The molecule has 0 bridgehead atoms. The number of carbonyl (C=O) groups excluding carboxylic acids is 3. The van der Waals surface area contributed by atoms with E-state index in [4.69, 9.17) is 9.47 Å². The fourth-order valence-electron chi connectivity index (χ4n) is 2.45. The topological polar surface area (TPSA) is 93.7 Å². The largest absolute Gasteiger partial charge is 0.496 e. The molecular weight excluding hydrogens is 348 g/mol. The second kappa shape index (κ2) is 9.38. The first-order valence-corrected chi connectivity index (χ1v) is 8.35. The van der Waals surface area contributed by atoms with Crippen molar-refractivity contribution < 1.29 is 23.9 Å². The summed E-state index contributed by atoms with van der Waals surface area (Å²) < 4.78 is 10.0. The van der Waals surface area contributed by atoms with Gasteiger partial charge in [0.05, 0.1) is 13.7 Å². The summed E-state index contributed by atoms with van der Waals surface area (Å²) in [4.78, 5) is 35.9. The number of ether oxygens (including phenoxy) is 2. The number of hydrogen-bond acceptors (Lipinski definition) is 5. The molecule has 0 aliphatic carbocycles. The van der Waals surface area contributed by atoms with Crippen LogP contribution in [-0.2, 0) is 14.3 Å². The van der Waals surface area contributed by atoms with E-state index in [2.05, 4.69) is 10.6 Å². The van der Waals surface area contributed by atoms with E-state index in [1.807, 2.05) is 32.0 Å². The summed E-state index contributed by atoms with van der Waals surface area (Å²) in [7, 11) is 1.44. The number of para-hydroxylation sites is 2. The summed E-state index contributed by atoms with van der Waals surface area (Å²) in [5.74, 6) is -1.26. The van der Waals surface area contributed by atoms with Crippen molar-refractivity contribution in [3.05, 3.63) is 59.2 Å². The van der Waals surface area contributed by atoms with E-state index >= 15 is 0 Å². The Hall–Kier alpha value is -3.35. The Bertz CT molecular complexity index is 828. The average molecular weight is 370 g/mol. The molecule has 2 amide bonds. The Balaban J connectivity index is 1.80. The molecule has 2 N–H and O–H groups in total. The van der Waals surface area contributed by atoms with Crippen LogP contribution in [0.4, 0.5) is 5.69 Å². The lowest BCUT2D eigenvalue weighted by Crippen LogP contribution is -2.35. The van der Waals surface area contributed by atoms with Crippen molar-refractivity contribution in [2.24, 2.45) is 0 Å². The fourth-order valence-corrected chi connectivity index (χ4v) is 2.45. The van der Waals surface area contributed by atoms with Gasteiger partial charge in [-0.25, -0.2) is 4.79 Å². The first-order chi connectivity index (χ1) is 12.9. The molecule has 0 atom stereocenters. The molecule has 0 saturated heterocycles. The van der Waals surface area contributed by atoms with Crippen molar-refractivity contribution in [2.75, 3.05) is 25.6 Å². The molecular formula is C20H22N2O5. The lowest BCUT2D eigenvalue weighted by Gasteiger charge is -2.12. The van der Waals surface area contributed by atoms with E-state index in [-0.39, 0.29) is 18.0 Å². The molecule has 0 heterocycles. The van der Waals surface area contributed by atoms with Gasteiger partial charge < -0.3 is 20.1 Å². The molecule has 0 aliphatic heterocycles. The van der Waals surface area contributed by atoms with Crippen LogP contribution in [0.2, 0.25) is 0 Å². The highest BCUT2D eigenvalue weighted by Crippen LogP contribution is 2.19. The van der Waals surface area contributed by atoms with Crippen LogP contribution in [0.15, 0.2) is 42.5 Å². The van der Waals surface area contributed by atoms with E-state index in [0.717, 1.165) is 16.8 Å². The van der Waals surface area contributed by atoms with Gasteiger partial charge in [-0.3, -0.25) is 9.59 Å². The van der Waals surface area contributed by atoms with E-state index in [1.165, 1.54) is 13.2 Å². The monoisotopic (exact) mass is 370 g/mol. The molecule has 0 fully saturated rings. The Kier molecular flexibility index (Phi) is 6.93. The van der Waals surface area contributed by atoms with Crippen molar-refractivity contribution in [1.82, 2.24) is 5.32 Å². The number of esters is 1. The smallest absolute Gasteiger partial charge is 0.342 e. The van der Waals surface area contributed by atoms with Crippen LogP contribution in [0.1, 0.15) is 21.5 Å². The van der Waals surface area contributed by atoms with Gasteiger partial charge in [0.1, 0.15) is 11.3 Å². The SMILES string of the molecule is COc1ccccc1C(=O)OCC(=O)NCC(=O)Nc1c(C)cccc1C. The van der Waals surface area contributed by atoms with Gasteiger partial charge in [0.15, 0.2) is 6.61 Å². The zero-order chi connectivity index (χ0) is 19.8. The van der Waals surface area contributed by atoms with Crippen molar-refractivity contribution in [3.8, 4) is 5.75 Å². The molecule has 0 aliphatic rings. The quantitative estimate of drug-likeness (QED) is 0.729. The molecule has 2 aromatic rings. The van der Waals surface area contributed by atoms with E-state index in [0.29, 0.717) is 5.75 Å². The predicted octanol–water partition coefficient (Wildman–Crippen LogP) is 2.22. The zero-order valence-corrected chi connectivity index (χ0v) is 15.5. The fraction of sp³-hybridized carbons (Fsp3) is 0.250. The molecule has 2 aromatic carbocycles. The third kappa shape index (κ3) is 5.57. The maximum Gasteiger partial charge on any atom is 0.342 e.